The molecule has 0 aliphatic rings. The molecule has 1 atom stereocenters. The quantitative estimate of drug-likeness (QED) is 0.900. The van der Waals surface area contributed by atoms with Crippen LogP contribution in [-0.4, -0.2) is 12.0 Å². The predicted octanol–water partition coefficient (Wildman–Crippen LogP) is 4.08. The van der Waals surface area contributed by atoms with E-state index in [1.807, 2.05) is 30.3 Å². The van der Waals surface area contributed by atoms with Crippen molar-refractivity contribution in [1.29, 1.82) is 0 Å². The third kappa shape index (κ3) is 4.38. The fraction of sp³-hybridized carbons (Fsp3) is 0.188. The van der Waals surface area contributed by atoms with Gasteiger partial charge in [-0.1, -0.05) is 59.6 Å². The average molecular weight is 324 g/mol. The lowest BCUT2D eigenvalue weighted by atomic mass is 10.2. The van der Waals surface area contributed by atoms with Crippen LogP contribution in [0.4, 0.5) is 0 Å². The summed E-state index contributed by atoms with van der Waals surface area (Å²) in [6.45, 7) is 2.12. The lowest BCUT2D eigenvalue weighted by Gasteiger charge is -2.16. The number of hydrogen-bond donors (Lipinski definition) is 1. The first-order valence-electron chi connectivity index (χ1n) is 6.50. The summed E-state index contributed by atoms with van der Waals surface area (Å²) in [6, 6.07) is 14.7. The lowest BCUT2D eigenvalue weighted by molar-refractivity contribution is -0.127. The maximum atomic E-state index is 12.0. The molecule has 110 valence electrons. The van der Waals surface area contributed by atoms with Crippen LogP contribution in [0.15, 0.2) is 48.5 Å². The fourth-order valence-electron chi connectivity index (χ4n) is 1.75. The molecule has 0 radical (unpaired) electrons. The van der Waals surface area contributed by atoms with Gasteiger partial charge in [-0.2, -0.15) is 0 Å². The highest BCUT2D eigenvalue weighted by Gasteiger charge is 2.16. The monoisotopic (exact) mass is 323 g/mol. The molecule has 0 aliphatic carbocycles. The van der Waals surface area contributed by atoms with Crippen molar-refractivity contribution in [2.45, 2.75) is 19.6 Å². The highest BCUT2D eigenvalue weighted by atomic mass is 35.5. The average Bonchev–Trinajstić information content (AvgIpc) is 2.50. The number of halogens is 2. The SMILES string of the molecule is CC(Oc1cccc(Cl)c1Cl)C(=O)NCc1ccccc1. The largest absolute Gasteiger partial charge is 0.479 e. The summed E-state index contributed by atoms with van der Waals surface area (Å²) in [5.74, 6) is 0.182. The van der Waals surface area contributed by atoms with E-state index in [1.54, 1.807) is 25.1 Å². The van der Waals surface area contributed by atoms with Crippen molar-refractivity contribution in [3.8, 4) is 5.75 Å². The van der Waals surface area contributed by atoms with E-state index >= 15 is 0 Å². The molecule has 0 aromatic heterocycles. The van der Waals surface area contributed by atoms with Gasteiger partial charge in [0.2, 0.25) is 0 Å². The minimum absolute atomic E-state index is 0.213. The molecule has 0 bridgehead atoms. The van der Waals surface area contributed by atoms with Crippen LogP contribution in [0.25, 0.3) is 0 Å². The molecular weight excluding hydrogens is 309 g/mol. The summed E-state index contributed by atoms with van der Waals surface area (Å²) in [5.41, 5.74) is 1.03. The molecule has 1 unspecified atom stereocenters. The van der Waals surface area contributed by atoms with Gasteiger partial charge in [0.1, 0.15) is 10.8 Å². The highest BCUT2D eigenvalue weighted by Crippen LogP contribution is 2.32. The van der Waals surface area contributed by atoms with Gasteiger partial charge in [-0.25, -0.2) is 0 Å². The molecular formula is C16H15Cl2NO2. The minimum Gasteiger partial charge on any atom is -0.479 e. The van der Waals surface area contributed by atoms with Gasteiger partial charge in [-0.15, -0.1) is 0 Å². The van der Waals surface area contributed by atoms with E-state index in [9.17, 15) is 4.79 Å². The topological polar surface area (TPSA) is 38.3 Å². The van der Waals surface area contributed by atoms with Gasteiger partial charge in [0.25, 0.3) is 5.91 Å². The zero-order valence-corrected chi connectivity index (χ0v) is 13.0. The normalized spacial score (nSPS) is 11.8. The number of amides is 1. The van der Waals surface area contributed by atoms with Crippen LogP contribution in [0.2, 0.25) is 10.0 Å². The second kappa shape index (κ2) is 7.34. The van der Waals surface area contributed by atoms with Gasteiger partial charge >= 0.3 is 0 Å². The van der Waals surface area contributed by atoms with Gasteiger partial charge in [0, 0.05) is 6.54 Å². The van der Waals surface area contributed by atoms with Crippen molar-refractivity contribution in [3.63, 3.8) is 0 Å². The number of carbonyl (C=O) groups is 1. The molecule has 2 rings (SSSR count). The molecule has 0 heterocycles. The molecule has 0 saturated heterocycles. The first-order chi connectivity index (χ1) is 10.1. The van der Waals surface area contributed by atoms with E-state index in [4.69, 9.17) is 27.9 Å². The maximum Gasteiger partial charge on any atom is 0.261 e. The molecule has 0 saturated carbocycles. The van der Waals surface area contributed by atoms with E-state index in [0.29, 0.717) is 22.3 Å². The summed E-state index contributed by atoms with van der Waals surface area (Å²) in [5, 5.41) is 3.51. The number of ether oxygens (including phenoxy) is 1. The summed E-state index contributed by atoms with van der Waals surface area (Å²) in [7, 11) is 0. The third-order valence-corrected chi connectivity index (χ3v) is 3.70. The minimum atomic E-state index is -0.662. The van der Waals surface area contributed by atoms with Gasteiger partial charge in [-0.3, -0.25) is 4.79 Å². The van der Waals surface area contributed by atoms with Crippen molar-refractivity contribution in [2.24, 2.45) is 0 Å². The number of hydrogen-bond acceptors (Lipinski definition) is 2. The van der Waals surface area contributed by atoms with Crippen molar-refractivity contribution in [3.05, 3.63) is 64.1 Å². The summed E-state index contributed by atoms with van der Waals surface area (Å²) < 4.78 is 5.55. The smallest absolute Gasteiger partial charge is 0.261 e. The van der Waals surface area contributed by atoms with Crippen LogP contribution in [0.3, 0.4) is 0 Å². The molecule has 1 amide bonds. The Kier molecular flexibility index (Phi) is 5.48. The van der Waals surface area contributed by atoms with Crippen LogP contribution in [0.1, 0.15) is 12.5 Å². The number of benzene rings is 2. The first-order valence-corrected chi connectivity index (χ1v) is 7.26. The van der Waals surface area contributed by atoms with Crippen molar-refractivity contribution >= 4 is 29.1 Å². The van der Waals surface area contributed by atoms with Crippen LogP contribution >= 0.6 is 23.2 Å². The predicted molar refractivity (Wildman–Crippen MR) is 84.8 cm³/mol. The zero-order chi connectivity index (χ0) is 15.2. The Bertz CT molecular complexity index is 617. The van der Waals surface area contributed by atoms with Gasteiger partial charge in [-0.05, 0) is 24.6 Å². The zero-order valence-electron chi connectivity index (χ0n) is 11.5. The fourth-order valence-corrected chi connectivity index (χ4v) is 2.08. The molecule has 3 nitrogen and oxygen atoms in total. The number of rotatable bonds is 5. The van der Waals surface area contributed by atoms with E-state index in [-0.39, 0.29) is 5.91 Å². The van der Waals surface area contributed by atoms with E-state index in [2.05, 4.69) is 5.32 Å². The Labute approximate surface area is 133 Å². The summed E-state index contributed by atoms with van der Waals surface area (Å²) in [6.07, 6.45) is -0.662. The lowest BCUT2D eigenvalue weighted by Crippen LogP contribution is -2.35. The summed E-state index contributed by atoms with van der Waals surface area (Å²) in [4.78, 5) is 12.0. The van der Waals surface area contributed by atoms with E-state index in [1.165, 1.54) is 0 Å². The van der Waals surface area contributed by atoms with Gasteiger partial charge in [0.15, 0.2) is 6.10 Å². The third-order valence-electron chi connectivity index (χ3n) is 2.90. The Morgan fingerprint density at radius 1 is 1.14 bits per heavy atom. The van der Waals surface area contributed by atoms with Gasteiger partial charge < -0.3 is 10.1 Å². The van der Waals surface area contributed by atoms with Crippen molar-refractivity contribution in [1.82, 2.24) is 5.32 Å². The molecule has 21 heavy (non-hydrogen) atoms. The molecule has 0 fully saturated rings. The molecule has 1 N–H and O–H groups in total. The number of nitrogens with one attached hydrogen (secondary N) is 1. The molecule has 0 aliphatic heterocycles. The van der Waals surface area contributed by atoms with Crippen LogP contribution < -0.4 is 10.1 Å². The second-order valence-electron chi connectivity index (χ2n) is 4.52. The highest BCUT2D eigenvalue weighted by molar-refractivity contribution is 6.42. The van der Waals surface area contributed by atoms with Crippen LogP contribution in [0, 0.1) is 0 Å². The standard InChI is InChI=1S/C16H15Cl2NO2/c1-11(21-14-9-5-8-13(17)15(14)18)16(20)19-10-12-6-3-2-4-7-12/h2-9,11H,10H2,1H3,(H,19,20). The van der Waals surface area contributed by atoms with E-state index in [0.717, 1.165) is 5.56 Å². The van der Waals surface area contributed by atoms with Crippen molar-refractivity contribution < 1.29 is 9.53 Å². The Morgan fingerprint density at radius 3 is 2.57 bits per heavy atom. The first kappa shape index (κ1) is 15.7. The van der Waals surface area contributed by atoms with Crippen LogP contribution in [-0.2, 0) is 11.3 Å². The molecule has 5 heteroatoms. The van der Waals surface area contributed by atoms with Gasteiger partial charge in [0.05, 0.1) is 5.02 Å². The summed E-state index contributed by atoms with van der Waals surface area (Å²) >= 11 is 11.9. The Hall–Kier alpha value is -1.71. The molecule has 2 aromatic rings. The second-order valence-corrected chi connectivity index (χ2v) is 5.30. The molecule has 0 spiro atoms. The van der Waals surface area contributed by atoms with Crippen LogP contribution in [0.5, 0.6) is 5.75 Å². The number of carbonyl (C=O) groups excluding carboxylic acids is 1. The Morgan fingerprint density at radius 2 is 1.86 bits per heavy atom. The van der Waals surface area contributed by atoms with Crippen molar-refractivity contribution in [2.75, 3.05) is 0 Å². The Balaban J connectivity index is 1.92. The molecule has 2 aromatic carbocycles. The van der Waals surface area contributed by atoms with E-state index < -0.39 is 6.10 Å². The maximum absolute atomic E-state index is 12.0.